The van der Waals surface area contributed by atoms with Crippen molar-refractivity contribution in [1.29, 1.82) is 0 Å². The molecule has 1 N–H and O–H groups in total. The van der Waals surface area contributed by atoms with Crippen molar-refractivity contribution in [3.63, 3.8) is 0 Å². The van der Waals surface area contributed by atoms with Crippen LogP contribution in [0.2, 0.25) is 0 Å². The summed E-state index contributed by atoms with van der Waals surface area (Å²) in [5.74, 6) is -0.562. The van der Waals surface area contributed by atoms with E-state index in [9.17, 15) is 14.0 Å². The molecular weight excluding hydrogens is 333 g/mol. The van der Waals surface area contributed by atoms with Gasteiger partial charge >= 0.3 is 0 Å². The van der Waals surface area contributed by atoms with Crippen LogP contribution in [0.5, 0.6) is 0 Å². The van der Waals surface area contributed by atoms with Gasteiger partial charge in [0, 0.05) is 24.8 Å². The van der Waals surface area contributed by atoms with Crippen LogP contribution in [0.1, 0.15) is 39.1 Å². The molecule has 5 nitrogen and oxygen atoms in total. The Labute approximate surface area is 151 Å². The van der Waals surface area contributed by atoms with Crippen LogP contribution in [0.15, 0.2) is 36.4 Å². The number of carbonyl (C=O) groups is 2. The van der Waals surface area contributed by atoms with Crippen LogP contribution in [-0.4, -0.2) is 36.5 Å². The second kappa shape index (κ2) is 6.12. The molecular formula is C20H20FN3O2. The summed E-state index contributed by atoms with van der Waals surface area (Å²) in [5.41, 5.74) is 2.88. The lowest BCUT2D eigenvalue weighted by Crippen LogP contribution is -2.50. The van der Waals surface area contributed by atoms with Gasteiger partial charge in [0.2, 0.25) is 0 Å². The molecule has 0 aliphatic carbocycles. The molecule has 1 fully saturated rings. The van der Waals surface area contributed by atoms with Gasteiger partial charge in [0.1, 0.15) is 12.0 Å². The highest BCUT2D eigenvalue weighted by Gasteiger charge is 2.38. The predicted octanol–water partition coefficient (Wildman–Crippen LogP) is 3.40. The lowest BCUT2D eigenvalue weighted by Gasteiger charge is -2.40. The third-order valence-corrected chi connectivity index (χ3v) is 5.22. The summed E-state index contributed by atoms with van der Waals surface area (Å²) in [4.78, 5) is 29.2. The van der Waals surface area contributed by atoms with E-state index in [0.717, 1.165) is 25.1 Å². The third-order valence-electron chi connectivity index (χ3n) is 5.22. The number of carbonyl (C=O) groups excluding carboxylic acids is 2. The molecule has 1 saturated heterocycles. The maximum Gasteiger partial charge on any atom is 0.257 e. The Morgan fingerprint density at radius 3 is 2.81 bits per heavy atom. The number of nitrogens with one attached hydrogen (secondary N) is 1. The van der Waals surface area contributed by atoms with Crippen molar-refractivity contribution in [3.05, 3.63) is 58.9 Å². The average molecular weight is 353 g/mol. The highest BCUT2D eigenvalue weighted by molar-refractivity contribution is 6.08. The minimum Gasteiger partial charge on any atom is -0.354 e. The van der Waals surface area contributed by atoms with Gasteiger partial charge in [-0.25, -0.2) is 4.39 Å². The van der Waals surface area contributed by atoms with E-state index in [4.69, 9.17) is 0 Å². The fraction of sp³-hybridized carbons (Fsp3) is 0.300. The fourth-order valence-corrected chi connectivity index (χ4v) is 3.78. The molecule has 2 heterocycles. The average Bonchev–Trinajstić information content (AvgIpc) is 3.12. The van der Waals surface area contributed by atoms with E-state index in [1.54, 1.807) is 31.2 Å². The summed E-state index contributed by atoms with van der Waals surface area (Å²) in [6.07, 6.45) is 1.99. The molecule has 6 heteroatoms. The molecule has 4 rings (SSSR count). The highest BCUT2D eigenvalue weighted by Crippen LogP contribution is 2.35. The van der Waals surface area contributed by atoms with Crippen LogP contribution in [0.3, 0.4) is 0 Å². The summed E-state index contributed by atoms with van der Waals surface area (Å²) < 4.78 is 13.4. The van der Waals surface area contributed by atoms with E-state index in [-0.39, 0.29) is 23.8 Å². The minimum atomic E-state index is -0.307. The van der Waals surface area contributed by atoms with Gasteiger partial charge in [-0.15, -0.1) is 0 Å². The number of aryl methyl sites for hydroxylation is 1. The first-order valence-electron chi connectivity index (χ1n) is 8.71. The van der Waals surface area contributed by atoms with Crippen molar-refractivity contribution in [2.24, 2.45) is 0 Å². The second-order valence-electron chi connectivity index (χ2n) is 6.88. The monoisotopic (exact) mass is 353 g/mol. The first-order valence-corrected chi connectivity index (χ1v) is 8.71. The van der Waals surface area contributed by atoms with E-state index in [1.807, 2.05) is 11.9 Å². The Morgan fingerprint density at radius 2 is 2.04 bits per heavy atom. The van der Waals surface area contributed by atoms with Crippen molar-refractivity contribution in [3.8, 4) is 0 Å². The molecule has 2 aliphatic heterocycles. The van der Waals surface area contributed by atoms with Gasteiger partial charge in [0.15, 0.2) is 0 Å². The summed E-state index contributed by atoms with van der Waals surface area (Å²) >= 11 is 0. The number of hydrogen-bond acceptors (Lipinski definition) is 3. The molecule has 0 unspecified atom stereocenters. The molecule has 0 radical (unpaired) electrons. The molecule has 1 atom stereocenters. The first-order chi connectivity index (χ1) is 12.5. The second-order valence-corrected chi connectivity index (χ2v) is 6.88. The predicted molar refractivity (Wildman–Crippen MR) is 98.0 cm³/mol. The quantitative estimate of drug-likeness (QED) is 0.900. The number of rotatable bonds is 2. The Morgan fingerprint density at radius 1 is 1.23 bits per heavy atom. The maximum absolute atomic E-state index is 13.4. The Bertz CT molecular complexity index is 912. The topological polar surface area (TPSA) is 52.7 Å². The number of halogens is 1. The van der Waals surface area contributed by atoms with Gasteiger partial charge < -0.3 is 15.1 Å². The SMILES string of the molecule is Cc1cc(NC(=O)c2ccc3c(c2)N(C)[C@H]2CCCN2C3=O)ccc1F. The number of benzene rings is 2. The standard InChI is InChI=1S/C20H20FN3O2/c1-12-10-14(6-8-16(12)21)22-19(25)13-5-7-15-17(11-13)23(2)18-4-3-9-24(18)20(15)26/h5-8,10-11,18H,3-4,9H2,1-2H3,(H,22,25)/t18-/m1/s1. The largest absolute Gasteiger partial charge is 0.354 e. The van der Waals surface area contributed by atoms with E-state index >= 15 is 0 Å². The number of amides is 2. The zero-order valence-corrected chi connectivity index (χ0v) is 14.8. The molecule has 2 aromatic rings. The summed E-state index contributed by atoms with van der Waals surface area (Å²) in [6, 6.07) is 9.59. The first kappa shape index (κ1) is 16.6. The number of hydrogen-bond donors (Lipinski definition) is 1. The number of nitrogens with zero attached hydrogens (tertiary/aromatic N) is 2. The lowest BCUT2D eigenvalue weighted by molar-refractivity contribution is 0.0719. The minimum absolute atomic E-state index is 0.0294. The molecule has 0 spiro atoms. The van der Waals surface area contributed by atoms with Crippen molar-refractivity contribution < 1.29 is 14.0 Å². The maximum atomic E-state index is 13.4. The zero-order valence-electron chi connectivity index (χ0n) is 14.8. The Kier molecular flexibility index (Phi) is 3.90. The van der Waals surface area contributed by atoms with Crippen LogP contribution < -0.4 is 10.2 Å². The molecule has 134 valence electrons. The highest BCUT2D eigenvalue weighted by atomic mass is 19.1. The molecule has 2 aromatic carbocycles. The molecule has 26 heavy (non-hydrogen) atoms. The molecule has 2 aliphatic rings. The number of anilines is 2. The Hall–Kier alpha value is -2.89. The van der Waals surface area contributed by atoms with E-state index in [2.05, 4.69) is 10.2 Å². The van der Waals surface area contributed by atoms with E-state index in [0.29, 0.717) is 22.4 Å². The van der Waals surface area contributed by atoms with Gasteiger partial charge in [0.05, 0.1) is 11.3 Å². The summed E-state index contributed by atoms with van der Waals surface area (Å²) in [7, 11) is 1.96. The van der Waals surface area contributed by atoms with Crippen molar-refractivity contribution in [1.82, 2.24) is 4.90 Å². The van der Waals surface area contributed by atoms with Gasteiger partial charge in [-0.3, -0.25) is 9.59 Å². The molecule has 0 aromatic heterocycles. The van der Waals surface area contributed by atoms with Gasteiger partial charge in [-0.1, -0.05) is 0 Å². The summed E-state index contributed by atoms with van der Waals surface area (Å²) in [5, 5.41) is 2.79. The van der Waals surface area contributed by atoms with Crippen LogP contribution in [0, 0.1) is 12.7 Å². The van der Waals surface area contributed by atoms with Crippen molar-refractivity contribution >= 4 is 23.2 Å². The molecule has 0 saturated carbocycles. The lowest BCUT2D eigenvalue weighted by atomic mass is 10.0. The Balaban J connectivity index is 1.62. The number of fused-ring (bicyclic) bond motifs is 2. The fourth-order valence-electron chi connectivity index (χ4n) is 3.78. The van der Waals surface area contributed by atoms with Gasteiger partial charge in [-0.2, -0.15) is 0 Å². The van der Waals surface area contributed by atoms with Crippen LogP contribution >= 0.6 is 0 Å². The van der Waals surface area contributed by atoms with Crippen LogP contribution in [0.25, 0.3) is 0 Å². The van der Waals surface area contributed by atoms with Crippen molar-refractivity contribution in [2.75, 3.05) is 23.8 Å². The van der Waals surface area contributed by atoms with E-state index < -0.39 is 0 Å². The van der Waals surface area contributed by atoms with Crippen molar-refractivity contribution in [2.45, 2.75) is 25.9 Å². The normalized spacial score (nSPS) is 18.6. The van der Waals surface area contributed by atoms with Crippen LogP contribution in [-0.2, 0) is 0 Å². The third kappa shape index (κ3) is 2.62. The molecule has 2 amide bonds. The zero-order chi connectivity index (χ0) is 18.4. The smallest absolute Gasteiger partial charge is 0.257 e. The molecule has 0 bridgehead atoms. The van der Waals surface area contributed by atoms with E-state index in [1.165, 1.54) is 12.1 Å². The summed E-state index contributed by atoms with van der Waals surface area (Å²) in [6.45, 7) is 2.43. The van der Waals surface area contributed by atoms with Crippen LogP contribution in [0.4, 0.5) is 15.8 Å². The van der Waals surface area contributed by atoms with Gasteiger partial charge in [0.25, 0.3) is 11.8 Å². The van der Waals surface area contributed by atoms with Gasteiger partial charge in [-0.05, 0) is 61.7 Å².